The summed E-state index contributed by atoms with van der Waals surface area (Å²) in [5.41, 5.74) is 0. The molecule has 0 aromatic rings. The van der Waals surface area contributed by atoms with Crippen molar-refractivity contribution in [1.29, 1.82) is 0 Å². The molecule has 0 heterocycles. The maximum atomic E-state index is 11.2. The highest BCUT2D eigenvalue weighted by Crippen LogP contribution is 2.19. The fourth-order valence-electron chi connectivity index (χ4n) is 0.983. The summed E-state index contributed by atoms with van der Waals surface area (Å²) in [6.07, 6.45) is 1.83. The third kappa shape index (κ3) is 5.71. The summed E-state index contributed by atoms with van der Waals surface area (Å²) < 4.78 is 31.9. The van der Waals surface area contributed by atoms with Gasteiger partial charge in [0.2, 0.25) is 0 Å². The van der Waals surface area contributed by atoms with Crippen molar-refractivity contribution in [1.82, 2.24) is 9.44 Å². The van der Waals surface area contributed by atoms with Gasteiger partial charge in [0.15, 0.2) is 0 Å². The van der Waals surface area contributed by atoms with Gasteiger partial charge in [0.1, 0.15) is 0 Å². The first-order valence-corrected chi connectivity index (χ1v) is 6.44. The Morgan fingerprint density at radius 2 is 2.13 bits per heavy atom. The van der Waals surface area contributed by atoms with Gasteiger partial charge in [-0.1, -0.05) is 0 Å². The minimum absolute atomic E-state index is 0.0550. The van der Waals surface area contributed by atoms with Gasteiger partial charge in [-0.05, 0) is 19.8 Å². The predicted molar refractivity (Wildman–Crippen MR) is 54.3 cm³/mol. The standard InChI is InChI=1S/C8H16N2O4S/c1-2-14-8(11)5-6-9-15(12,13)10-7-3-4-7/h7,9-10H,2-6H2,1H3. The van der Waals surface area contributed by atoms with Crippen molar-refractivity contribution in [3.8, 4) is 0 Å². The molecule has 0 aromatic heterocycles. The van der Waals surface area contributed by atoms with Gasteiger partial charge < -0.3 is 4.74 Å². The van der Waals surface area contributed by atoms with Crippen LogP contribution in [-0.4, -0.2) is 33.6 Å². The highest BCUT2D eigenvalue weighted by molar-refractivity contribution is 7.87. The number of hydrogen-bond donors (Lipinski definition) is 2. The summed E-state index contributed by atoms with van der Waals surface area (Å²) in [7, 11) is -3.44. The first kappa shape index (κ1) is 12.4. The van der Waals surface area contributed by atoms with E-state index in [4.69, 9.17) is 0 Å². The molecule has 0 unspecified atom stereocenters. The Hall–Kier alpha value is -0.660. The number of nitrogens with one attached hydrogen (secondary N) is 2. The molecule has 88 valence electrons. The number of ether oxygens (including phenoxy) is 1. The fourth-order valence-corrected chi connectivity index (χ4v) is 2.11. The van der Waals surface area contributed by atoms with Crippen LogP contribution >= 0.6 is 0 Å². The van der Waals surface area contributed by atoms with Crippen molar-refractivity contribution in [2.45, 2.75) is 32.2 Å². The minimum Gasteiger partial charge on any atom is -0.466 e. The Bertz CT molecular complexity index is 311. The van der Waals surface area contributed by atoms with Crippen molar-refractivity contribution in [3.05, 3.63) is 0 Å². The van der Waals surface area contributed by atoms with Crippen LogP contribution in [0.15, 0.2) is 0 Å². The smallest absolute Gasteiger partial charge is 0.307 e. The van der Waals surface area contributed by atoms with Gasteiger partial charge in [0, 0.05) is 12.6 Å². The lowest BCUT2D eigenvalue weighted by molar-refractivity contribution is -0.142. The second-order valence-corrected chi connectivity index (χ2v) is 4.88. The molecule has 0 amide bonds. The zero-order valence-electron chi connectivity index (χ0n) is 8.65. The van der Waals surface area contributed by atoms with Crippen molar-refractivity contribution in [3.63, 3.8) is 0 Å². The van der Waals surface area contributed by atoms with E-state index >= 15 is 0 Å². The number of rotatable bonds is 7. The van der Waals surface area contributed by atoms with Crippen LogP contribution < -0.4 is 9.44 Å². The average Bonchev–Trinajstić information content (AvgIpc) is 2.87. The second-order valence-electron chi connectivity index (χ2n) is 3.34. The van der Waals surface area contributed by atoms with Gasteiger partial charge in [0.05, 0.1) is 13.0 Å². The zero-order valence-corrected chi connectivity index (χ0v) is 9.47. The van der Waals surface area contributed by atoms with E-state index in [0.29, 0.717) is 6.61 Å². The van der Waals surface area contributed by atoms with Crippen LogP contribution in [0.4, 0.5) is 0 Å². The maximum Gasteiger partial charge on any atom is 0.307 e. The second kappa shape index (κ2) is 5.43. The molecule has 1 aliphatic rings. The van der Waals surface area contributed by atoms with E-state index < -0.39 is 16.2 Å². The van der Waals surface area contributed by atoms with Gasteiger partial charge in [-0.3, -0.25) is 4.79 Å². The summed E-state index contributed by atoms with van der Waals surface area (Å²) in [5.74, 6) is -0.397. The lowest BCUT2D eigenvalue weighted by atomic mass is 10.4. The third-order valence-electron chi connectivity index (χ3n) is 1.83. The minimum atomic E-state index is -3.44. The molecule has 0 radical (unpaired) electrons. The van der Waals surface area contributed by atoms with Crippen LogP contribution in [-0.2, 0) is 19.7 Å². The maximum absolute atomic E-state index is 11.2. The Labute approximate surface area is 89.6 Å². The summed E-state index contributed by atoms with van der Waals surface area (Å²) >= 11 is 0. The monoisotopic (exact) mass is 236 g/mol. The number of carbonyl (C=O) groups excluding carboxylic acids is 1. The lowest BCUT2D eigenvalue weighted by Crippen LogP contribution is -2.38. The molecule has 0 bridgehead atoms. The molecule has 0 spiro atoms. The highest BCUT2D eigenvalue weighted by Gasteiger charge is 2.26. The SMILES string of the molecule is CCOC(=O)CCNS(=O)(=O)NC1CC1. The van der Waals surface area contributed by atoms with Crippen LogP contribution in [0.1, 0.15) is 26.2 Å². The first-order valence-electron chi connectivity index (χ1n) is 4.96. The van der Waals surface area contributed by atoms with Crippen molar-refractivity contribution in [2.75, 3.05) is 13.2 Å². The van der Waals surface area contributed by atoms with Gasteiger partial charge in [-0.25, -0.2) is 4.72 Å². The van der Waals surface area contributed by atoms with Crippen LogP contribution in [0.5, 0.6) is 0 Å². The quantitative estimate of drug-likeness (QED) is 0.585. The molecule has 6 nitrogen and oxygen atoms in total. The molecule has 1 fully saturated rings. The molecule has 0 atom stereocenters. The van der Waals surface area contributed by atoms with Gasteiger partial charge in [-0.15, -0.1) is 0 Å². The Kier molecular flexibility index (Phi) is 4.49. The number of carbonyl (C=O) groups is 1. The van der Waals surface area contributed by atoms with Crippen LogP contribution in [0, 0.1) is 0 Å². The van der Waals surface area contributed by atoms with E-state index in [1.54, 1.807) is 6.92 Å². The summed E-state index contributed by atoms with van der Waals surface area (Å²) in [6, 6.07) is 0.0742. The molecule has 0 aliphatic heterocycles. The first-order chi connectivity index (χ1) is 7.03. The van der Waals surface area contributed by atoms with Crippen molar-refractivity contribution >= 4 is 16.2 Å². The Balaban J connectivity index is 2.15. The van der Waals surface area contributed by atoms with Crippen LogP contribution in [0.2, 0.25) is 0 Å². The Morgan fingerprint density at radius 1 is 1.47 bits per heavy atom. The van der Waals surface area contributed by atoms with E-state index in [-0.39, 0.29) is 19.0 Å². The Morgan fingerprint density at radius 3 is 2.67 bits per heavy atom. The van der Waals surface area contributed by atoms with Gasteiger partial charge in [-0.2, -0.15) is 13.1 Å². The fraction of sp³-hybridized carbons (Fsp3) is 0.875. The summed E-state index contributed by atoms with van der Waals surface area (Å²) in [5, 5.41) is 0. The average molecular weight is 236 g/mol. The van der Waals surface area contributed by atoms with E-state index in [9.17, 15) is 13.2 Å². The number of esters is 1. The molecule has 1 rings (SSSR count). The zero-order chi connectivity index (χ0) is 11.3. The van der Waals surface area contributed by atoms with Crippen LogP contribution in [0.3, 0.4) is 0 Å². The molecule has 7 heteroatoms. The number of hydrogen-bond acceptors (Lipinski definition) is 4. The highest BCUT2D eigenvalue weighted by atomic mass is 32.2. The van der Waals surface area contributed by atoms with E-state index in [1.165, 1.54) is 0 Å². The molecule has 2 N–H and O–H groups in total. The summed E-state index contributed by atoms with van der Waals surface area (Å²) in [4.78, 5) is 10.9. The molecule has 1 aliphatic carbocycles. The van der Waals surface area contributed by atoms with E-state index in [2.05, 4.69) is 14.2 Å². The van der Waals surface area contributed by atoms with Crippen molar-refractivity contribution < 1.29 is 17.9 Å². The van der Waals surface area contributed by atoms with E-state index in [1.807, 2.05) is 0 Å². The van der Waals surface area contributed by atoms with Crippen molar-refractivity contribution in [2.24, 2.45) is 0 Å². The lowest BCUT2D eigenvalue weighted by Gasteiger charge is -2.06. The molecule has 0 saturated heterocycles. The molecular formula is C8H16N2O4S. The normalized spacial score (nSPS) is 16.3. The third-order valence-corrected chi connectivity index (χ3v) is 3.05. The molecule has 0 aromatic carbocycles. The van der Waals surface area contributed by atoms with Gasteiger partial charge >= 0.3 is 5.97 Å². The van der Waals surface area contributed by atoms with Gasteiger partial charge in [0.25, 0.3) is 10.2 Å². The molecule has 15 heavy (non-hydrogen) atoms. The molecule has 1 saturated carbocycles. The van der Waals surface area contributed by atoms with E-state index in [0.717, 1.165) is 12.8 Å². The topological polar surface area (TPSA) is 84.5 Å². The molecular weight excluding hydrogens is 220 g/mol. The van der Waals surface area contributed by atoms with Crippen LogP contribution in [0.25, 0.3) is 0 Å². The predicted octanol–water partition coefficient (Wildman–Crippen LogP) is -0.474. The largest absolute Gasteiger partial charge is 0.466 e. The summed E-state index contributed by atoms with van der Waals surface area (Å²) in [6.45, 7) is 2.09.